The van der Waals surface area contributed by atoms with Gasteiger partial charge in [0, 0.05) is 5.38 Å². The molecule has 2 N–H and O–H groups in total. The van der Waals surface area contributed by atoms with Gasteiger partial charge in [0.2, 0.25) is 5.91 Å². The van der Waals surface area contributed by atoms with E-state index < -0.39 is 12.0 Å². The third-order valence-electron chi connectivity index (χ3n) is 3.14. The fourth-order valence-corrected chi connectivity index (χ4v) is 2.66. The Morgan fingerprint density at radius 2 is 2.32 bits per heavy atom. The summed E-state index contributed by atoms with van der Waals surface area (Å²) in [5, 5.41) is 14.5. The number of nitrogens with zero attached hydrogens (tertiary/aromatic N) is 1. The molecule has 0 saturated heterocycles. The van der Waals surface area contributed by atoms with Crippen molar-refractivity contribution in [3.05, 3.63) is 16.1 Å². The highest BCUT2D eigenvalue weighted by atomic mass is 32.1. The van der Waals surface area contributed by atoms with Crippen molar-refractivity contribution in [2.24, 2.45) is 5.92 Å². The summed E-state index contributed by atoms with van der Waals surface area (Å²) in [6.07, 6.45) is 3.70. The average Bonchev–Trinajstić information content (AvgIpc) is 3.06. The van der Waals surface area contributed by atoms with E-state index in [2.05, 4.69) is 10.3 Å². The molecule has 1 aliphatic carbocycles. The molecule has 5 nitrogen and oxygen atoms in total. The maximum atomic E-state index is 11.8. The number of nitrogens with one attached hydrogen (secondary N) is 1. The second kappa shape index (κ2) is 6.14. The van der Waals surface area contributed by atoms with Crippen LogP contribution in [0.25, 0.3) is 0 Å². The molecule has 1 unspecified atom stereocenters. The predicted molar refractivity (Wildman–Crippen MR) is 72.1 cm³/mol. The highest BCUT2D eigenvalue weighted by Gasteiger charge is 2.30. The van der Waals surface area contributed by atoms with Gasteiger partial charge in [0.05, 0.1) is 17.1 Å². The summed E-state index contributed by atoms with van der Waals surface area (Å²) in [4.78, 5) is 27.2. The first-order valence-corrected chi connectivity index (χ1v) is 7.42. The van der Waals surface area contributed by atoms with Gasteiger partial charge < -0.3 is 10.4 Å². The molecular weight excluding hydrogens is 264 g/mol. The lowest BCUT2D eigenvalue weighted by atomic mass is 10.1. The van der Waals surface area contributed by atoms with Crippen molar-refractivity contribution in [3.8, 4) is 0 Å². The van der Waals surface area contributed by atoms with Crippen molar-refractivity contribution in [1.82, 2.24) is 10.3 Å². The second-order valence-corrected chi connectivity index (χ2v) is 5.84. The molecule has 1 saturated carbocycles. The number of thiazole rings is 1. The predicted octanol–water partition coefficient (Wildman–Crippen LogP) is 1.62. The number of hydrogen-bond donors (Lipinski definition) is 2. The maximum Gasteiger partial charge on any atom is 0.326 e. The third kappa shape index (κ3) is 4.31. The number of carbonyl (C=O) groups excluding carboxylic acids is 1. The van der Waals surface area contributed by atoms with Crippen LogP contribution in [0.1, 0.15) is 36.9 Å². The van der Waals surface area contributed by atoms with E-state index >= 15 is 0 Å². The molecule has 2 rings (SSSR count). The minimum Gasteiger partial charge on any atom is -0.480 e. The zero-order chi connectivity index (χ0) is 13.8. The molecule has 1 atom stereocenters. The molecule has 1 aromatic rings. The minimum atomic E-state index is -0.951. The van der Waals surface area contributed by atoms with Gasteiger partial charge in [-0.3, -0.25) is 4.79 Å². The molecular formula is C13H18N2O3S. The van der Waals surface area contributed by atoms with Gasteiger partial charge >= 0.3 is 5.97 Å². The summed E-state index contributed by atoms with van der Waals surface area (Å²) < 4.78 is 0. The van der Waals surface area contributed by atoms with Gasteiger partial charge in [0.25, 0.3) is 0 Å². The minimum absolute atomic E-state index is 0.158. The summed E-state index contributed by atoms with van der Waals surface area (Å²) in [6.45, 7) is 2.01. The lowest BCUT2D eigenvalue weighted by Gasteiger charge is -2.13. The first-order valence-electron chi connectivity index (χ1n) is 6.54. The van der Waals surface area contributed by atoms with Crippen LogP contribution in [0.4, 0.5) is 0 Å². The average molecular weight is 282 g/mol. The zero-order valence-corrected chi connectivity index (χ0v) is 11.7. The Balaban J connectivity index is 1.85. The Morgan fingerprint density at radius 1 is 1.58 bits per heavy atom. The molecule has 0 bridgehead atoms. The molecule has 19 heavy (non-hydrogen) atoms. The molecule has 0 aliphatic heterocycles. The molecule has 6 heteroatoms. The monoisotopic (exact) mass is 282 g/mol. The van der Waals surface area contributed by atoms with Crippen LogP contribution in [0.5, 0.6) is 0 Å². The lowest BCUT2D eigenvalue weighted by molar-refractivity contribution is -0.142. The first-order chi connectivity index (χ1) is 9.08. The molecule has 1 aromatic heterocycles. The van der Waals surface area contributed by atoms with Crippen LogP contribution in [-0.4, -0.2) is 28.0 Å². The lowest BCUT2D eigenvalue weighted by Crippen LogP contribution is -2.41. The van der Waals surface area contributed by atoms with Gasteiger partial charge in [-0.25, -0.2) is 9.78 Å². The number of aryl methyl sites for hydroxylation is 1. The van der Waals surface area contributed by atoms with E-state index in [0.29, 0.717) is 12.3 Å². The smallest absolute Gasteiger partial charge is 0.326 e. The van der Waals surface area contributed by atoms with E-state index in [0.717, 1.165) is 30.0 Å². The number of hydrogen-bond acceptors (Lipinski definition) is 4. The van der Waals surface area contributed by atoms with Gasteiger partial charge in [0.1, 0.15) is 6.04 Å². The quantitative estimate of drug-likeness (QED) is 0.796. The van der Waals surface area contributed by atoms with Crippen molar-refractivity contribution in [2.45, 2.75) is 45.1 Å². The van der Waals surface area contributed by atoms with E-state index in [9.17, 15) is 9.59 Å². The van der Waals surface area contributed by atoms with Gasteiger partial charge in [-0.15, -0.1) is 11.3 Å². The number of carbonyl (C=O) groups is 2. The van der Waals surface area contributed by atoms with Crippen molar-refractivity contribution in [1.29, 1.82) is 0 Å². The SMILES string of the molecule is CCc1nc(CC(=O)NC(CC2CC2)C(=O)O)cs1. The Morgan fingerprint density at radius 3 is 2.84 bits per heavy atom. The highest BCUT2D eigenvalue weighted by molar-refractivity contribution is 7.09. The summed E-state index contributed by atoms with van der Waals surface area (Å²) in [6, 6.07) is -0.760. The zero-order valence-electron chi connectivity index (χ0n) is 10.9. The van der Waals surface area contributed by atoms with Crippen molar-refractivity contribution < 1.29 is 14.7 Å². The van der Waals surface area contributed by atoms with Crippen LogP contribution in [0.3, 0.4) is 0 Å². The fourth-order valence-electron chi connectivity index (χ4n) is 1.91. The van der Waals surface area contributed by atoms with E-state index in [1.807, 2.05) is 12.3 Å². The molecule has 0 radical (unpaired) electrons. The molecule has 1 amide bonds. The van der Waals surface area contributed by atoms with Gasteiger partial charge in [-0.05, 0) is 18.8 Å². The second-order valence-electron chi connectivity index (χ2n) is 4.90. The number of amides is 1. The highest BCUT2D eigenvalue weighted by Crippen LogP contribution is 2.33. The number of carboxylic acid groups (broad SMARTS) is 1. The number of aromatic nitrogens is 1. The van der Waals surface area contributed by atoms with Crippen molar-refractivity contribution in [3.63, 3.8) is 0 Å². The Bertz CT molecular complexity index is 468. The van der Waals surface area contributed by atoms with Crippen molar-refractivity contribution in [2.75, 3.05) is 0 Å². The van der Waals surface area contributed by atoms with Crippen LogP contribution in [0, 0.1) is 5.92 Å². The maximum absolute atomic E-state index is 11.8. The topological polar surface area (TPSA) is 79.3 Å². The summed E-state index contributed by atoms with van der Waals surface area (Å²) in [5.74, 6) is -0.749. The largest absolute Gasteiger partial charge is 0.480 e. The number of carboxylic acids is 1. The summed E-state index contributed by atoms with van der Waals surface area (Å²) in [7, 11) is 0. The summed E-state index contributed by atoms with van der Waals surface area (Å²) in [5.41, 5.74) is 0.718. The number of rotatable bonds is 7. The van der Waals surface area contributed by atoms with Gasteiger partial charge in [-0.2, -0.15) is 0 Å². The molecule has 104 valence electrons. The first kappa shape index (κ1) is 14.0. The summed E-state index contributed by atoms with van der Waals surface area (Å²) >= 11 is 1.53. The standard InChI is InChI=1S/C13H18N2O3S/c1-2-12-14-9(7-19-12)6-11(16)15-10(13(17)18)5-8-3-4-8/h7-8,10H,2-6H2,1H3,(H,15,16)(H,17,18). The third-order valence-corrected chi connectivity index (χ3v) is 4.18. The van der Waals surface area contributed by atoms with Gasteiger partial charge in [0.15, 0.2) is 0 Å². The number of aliphatic carboxylic acids is 1. The molecule has 0 aromatic carbocycles. The van der Waals surface area contributed by atoms with Crippen LogP contribution in [-0.2, 0) is 22.4 Å². The van der Waals surface area contributed by atoms with Crippen molar-refractivity contribution >= 4 is 23.2 Å². The van der Waals surface area contributed by atoms with Crippen LogP contribution in [0.15, 0.2) is 5.38 Å². The Hall–Kier alpha value is -1.43. The molecule has 1 heterocycles. The molecule has 1 aliphatic rings. The van der Waals surface area contributed by atoms with Crippen LogP contribution >= 0.6 is 11.3 Å². The van der Waals surface area contributed by atoms with E-state index in [-0.39, 0.29) is 12.3 Å². The van der Waals surface area contributed by atoms with E-state index in [1.54, 1.807) is 0 Å². The fraction of sp³-hybridized carbons (Fsp3) is 0.615. The van der Waals surface area contributed by atoms with Gasteiger partial charge in [-0.1, -0.05) is 19.8 Å². The molecule has 0 spiro atoms. The normalized spacial score (nSPS) is 16.1. The van der Waals surface area contributed by atoms with Crippen LogP contribution < -0.4 is 5.32 Å². The molecule has 1 fully saturated rings. The van der Waals surface area contributed by atoms with E-state index in [1.165, 1.54) is 11.3 Å². The van der Waals surface area contributed by atoms with Crippen LogP contribution in [0.2, 0.25) is 0 Å². The van der Waals surface area contributed by atoms with E-state index in [4.69, 9.17) is 5.11 Å². The Kier molecular flexibility index (Phi) is 4.52. The Labute approximate surface area is 116 Å².